The number of thiazole rings is 1. The van der Waals surface area contributed by atoms with E-state index in [2.05, 4.69) is 30.7 Å². The zero-order chi connectivity index (χ0) is 22.8. The van der Waals surface area contributed by atoms with Crippen molar-refractivity contribution in [2.45, 2.75) is 60.4 Å². The minimum Gasteiger partial charge on any atom is -0.462 e. The van der Waals surface area contributed by atoms with Crippen LogP contribution in [0.5, 0.6) is 0 Å². The molecule has 0 aliphatic rings. The maximum atomic E-state index is 13.4. The van der Waals surface area contributed by atoms with Crippen molar-refractivity contribution in [3.63, 3.8) is 0 Å². The molecule has 170 valence electrons. The number of benzene rings is 1. The first-order chi connectivity index (χ1) is 14.9. The van der Waals surface area contributed by atoms with Gasteiger partial charge in [-0.1, -0.05) is 57.1 Å². The van der Waals surface area contributed by atoms with E-state index in [1.54, 1.807) is 18.7 Å². The number of hydrogen-bond acceptors (Lipinski definition) is 6. The lowest BCUT2D eigenvalue weighted by Gasteiger charge is -2.21. The Morgan fingerprint density at radius 1 is 1.03 bits per heavy atom. The summed E-state index contributed by atoms with van der Waals surface area (Å²) in [5.41, 5.74) is 2.42. The van der Waals surface area contributed by atoms with Crippen molar-refractivity contribution in [1.29, 1.82) is 0 Å². The Labute approximate surface area is 190 Å². The lowest BCUT2D eigenvalue weighted by atomic mass is 10.1. The SMILES string of the molecule is CCCCCN(C(=O)c1ccc(CN(CC)CC)cc1)c1nc(C)c(C(=O)OCC)s1. The first-order valence-electron chi connectivity index (χ1n) is 11.2. The number of nitrogens with zero attached hydrogens (tertiary/aromatic N) is 3. The molecular weight excluding hydrogens is 410 g/mol. The van der Waals surface area contributed by atoms with Gasteiger partial charge in [-0.25, -0.2) is 9.78 Å². The molecule has 0 saturated heterocycles. The molecule has 0 aliphatic heterocycles. The fourth-order valence-electron chi connectivity index (χ4n) is 3.30. The second-order valence-electron chi connectivity index (χ2n) is 7.45. The largest absolute Gasteiger partial charge is 0.462 e. The van der Waals surface area contributed by atoms with Gasteiger partial charge < -0.3 is 4.74 Å². The Morgan fingerprint density at radius 2 is 1.71 bits per heavy atom. The summed E-state index contributed by atoms with van der Waals surface area (Å²) in [7, 11) is 0. The summed E-state index contributed by atoms with van der Waals surface area (Å²) in [5.74, 6) is -0.472. The number of rotatable bonds is 12. The van der Waals surface area contributed by atoms with Crippen LogP contribution < -0.4 is 4.90 Å². The molecule has 31 heavy (non-hydrogen) atoms. The normalized spacial score (nSPS) is 11.0. The predicted molar refractivity (Wildman–Crippen MR) is 127 cm³/mol. The molecule has 2 rings (SSSR count). The smallest absolute Gasteiger partial charge is 0.350 e. The zero-order valence-corrected chi connectivity index (χ0v) is 20.3. The Hall–Kier alpha value is -2.25. The van der Waals surface area contributed by atoms with Crippen molar-refractivity contribution in [3.05, 3.63) is 46.0 Å². The van der Waals surface area contributed by atoms with Crippen molar-refractivity contribution in [1.82, 2.24) is 9.88 Å². The number of carbonyl (C=O) groups is 2. The van der Waals surface area contributed by atoms with Crippen LogP contribution in [0.1, 0.15) is 78.2 Å². The highest BCUT2D eigenvalue weighted by Gasteiger charge is 2.24. The number of carbonyl (C=O) groups excluding carboxylic acids is 2. The van der Waals surface area contributed by atoms with Crippen LogP contribution in [0.4, 0.5) is 5.13 Å². The fraction of sp³-hybridized carbons (Fsp3) is 0.542. The molecule has 0 saturated carbocycles. The second-order valence-corrected chi connectivity index (χ2v) is 8.43. The number of unbranched alkanes of at least 4 members (excludes halogenated alkanes) is 2. The van der Waals surface area contributed by atoms with E-state index >= 15 is 0 Å². The summed E-state index contributed by atoms with van der Waals surface area (Å²) < 4.78 is 5.13. The third-order valence-corrected chi connectivity index (χ3v) is 6.37. The molecule has 1 aromatic heterocycles. The van der Waals surface area contributed by atoms with Crippen molar-refractivity contribution < 1.29 is 14.3 Å². The fourth-order valence-corrected chi connectivity index (χ4v) is 4.29. The molecule has 0 aliphatic carbocycles. The number of aromatic nitrogens is 1. The molecule has 1 amide bonds. The highest BCUT2D eigenvalue weighted by atomic mass is 32.1. The summed E-state index contributed by atoms with van der Waals surface area (Å²) in [4.78, 5) is 34.6. The monoisotopic (exact) mass is 445 g/mol. The molecule has 7 heteroatoms. The number of amides is 1. The zero-order valence-electron chi connectivity index (χ0n) is 19.4. The minimum atomic E-state index is -0.384. The molecule has 1 heterocycles. The molecule has 6 nitrogen and oxygen atoms in total. The standard InChI is InChI=1S/C24H35N3O3S/c1-6-10-11-16-27(24-25-18(5)21(31-24)23(29)30-9-4)22(28)20-14-12-19(13-15-20)17-26(7-2)8-3/h12-15H,6-11,16-17H2,1-5H3. The molecule has 0 bridgehead atoms. The van der Waals surface area contributed by atoms with E-state index in [1.165, 1.54) is 16.9 Å². The van der Waals surface area contributed by atoms with E-state index < -0.39 is 0 Å². The lowest BCUT2D eigenvalue weighted by Crippen LogP contribution is -2.32. The first-order valence-corrected chi connectivity index (χ1v) is 12.0. The van der Waals surface area contributed by atoms with Gasteiger partial charge in [-0.15, -0.1) is 0 Å². The van der Waals surface area contributed by atoms with Crippen LogP contribution in [0, 0.1) is 6.92 Å². The molecule has 2 aromatic rings. The van der Waals surface area contributed by atoms with Crippen LogP contribution in [0.2, 0.25) is 0 Å². The average Bonchev–Trinajstić information content (AvgIpc) is 3.16. The minimum absolute atomic E-state index is 0.0883. The van der Waals surface area contributed by atoms with Crippen molar-refractivity contribution in [2.24, 2.45) is 0 Å². The van der Waals surface area contributed by atoms with Gasteiger partial charge in [0.05, 0.1) is 12.3 Å². The van der Waals surface area contributed by atoms with Crippen molar-refractivity contribution >= 4 is 28.3 Å². The highest BCUT2D eigenvalue weighted by molar-refractivity contribution is 7.17. The van der Waals surface area contributed by atoms with E-state index in [9.17, 15) is 9.59 Å². The predicted octanol–water partition coefficient (Wildman–Crippen LogP) is 5.31. The third-order valence-electron chi connectivity index (χ3n) is 5.21. The summed E-state index contributed by atoms with van der Waals surface area (Å²) in [6, 6.07) is 7.82. The van der Waals surface area contributed by atoms with Gasteiger partial charge in [-0.2, -0.15) is 0 Å². The van der Waals surface area contributed by atoms with Crippen LogP contribution in [0.25, 0.3) is 0 Å². The van der Waals surface area contributed by atoms with Crippen LogP contribution in [0.15, 0.2) is 24.3 Å². The molecule has 0 N–H and O–H groups in total. The van der Waals surface area contributed by atoms with Gasteiger partial charge in [0.15, 0.2) is 5.13 Å². The summed E-state index contributed by atoms with van der Waals surface area (Å²) in [6.07, 6.45) is 2.98. The summed E-state index contributed by atoms with van der Waals surface area (Å²) >= 11 is 1.23. The van der Waals surface area contributed by atoms with E-state index in [-0.39, 0.29) is 11.9 Å². The van der Waals surface area contributed by atoms with Gasteiger partial charge in [0.25, 0.3) is 5.91 Å². The maximum absolute atomic E-state index is 13.4. The van der Waals surface area contributed by atoms with Gasteiger partial charge in [0, 0.05) is 18.7 Å². The summed E-state index contributed by atoms with van der Waals surface area (Å²) in [6.45, 7) is 13.7. The Morgan fingerprint density at radius 3 is 2.29 bits per heavy atom. The highest BCUT2D eigenvalue weighted by Crippen LogP contribution is 2.28. The van der Waals surface area contributed by atoms with E-state index in [1.807, 2.05) is 24.3 Å². The van der Waals surface area contributed by atoms with Crippen LogP contribution in [-0.4, -0.2) is 48.0 Å². The molecular formula is C24H35N3O3S. The Bertz CT molecular complexity index is 844. The Balaban J connectivity index is 2.26. The molecule has 0 atom stereocenters. The molecule has 0 unspecified atom stereocenters. The molecule has 1 aromatic carbocycles. The van der Waals surface area contributed by atoms with Gasteiger partial charge in [-0.05, 0) is 51.1 Å². The van der Waals surface area contributed by atoms with E-state index in [4.69, 9.17) is 4.74 Å². The van der Waals surface area contributed by atoms with Gasteiger partial charge in [0.1, 0.15) is 4.88 Å². The third kappa shape index (κ3) is 6.87. The maximum Gasteiger partial charge on any atom is 0.350 e. The van der Waals surface area contributed by atoms with Crippen LogP contribution in [0.3, 0.4) is 0 Å². The van der Waals surface area contributed by atoms with Crippen LogP contribution >= 0.6 is 11.3 Å². The topological polar surface area (TPSA) is 62.7 Å². The number of ether oxygens (including phenoxy) is 1. The van der Waals surface area contributed by atoms with Crippen molar-refractivity contribution in [2.75, 3.05) is 31.1 Å². The quantitative estimate of drug-likeness (QED) is 0.327. The number of esters is 1. The van der Waals surface area contributed by atoms with Crippen LogP contribution in [-0.2, 0) is 11.3 Å². The molecule has 0 radical (unpaired) electrons. The van der Waals surface area contributed by atoms with E-state index in [0.29, 0.717) is 34.4 Å². The molecule has 0 spiro atoms. The van der Waals surface area contributed by atoms with E-state index in [0.717, 1.165) is 38.9 Å². The first kappa shape index (κ1) is 25.0. The number of anilines is 1. The lowest BCUT2D eigenvalue weighted by molar-refractivity contribution is 0.0531. The Kier molecular flexibility index (Phi) is 10.1. The number of hydrogen-bond donors (Lipinski definition) is 0. The average molecular weight is 446 g/mol. The van der Waals surface area contributed by atoms with Gasteiger partial charge in [0.2, 0.25) is 0 Å². The number of aryl methyl sites for hydroxylation is 1. The van der Waals surface area contributed by atoms with Gasteiger partial charge >= 0.3 is 5.97 Å². The molecule has 0 fully saturated rings. The van der Waals surface area contributed by atoms with Gasteiger partial charge in [-0.3, -0.25) is 14.6 Å². The second kappa shape index (κ2) is 12.6. The summed E-state index contributed by atoms with van der Waals surface area (Å²) in [5, 5.41) is 0.550. The van der Waals surface area contributed by atoms with Crippen molar-refractivity contribution in [3.8, 4) is 0 Å².